The van der Waals surface area contributed by atoms with Crippen LogP contribution >= 0.6 is 0 Å². The first-order chi connectivity index (χ1) is 3.88. The monoisotopic (exact) mass is 109 g/mol. The summed E-state index contributed by atoms with van der Waals surface area (Å²) in [4.78, 5) is 2.50. The van der Waals surface area contributed by atoms with Crippen LogP contribution in [0.15, 0.2) is 12.2 Å². The first-order valence-electron chi connectivity index (χ1n) is 3.29. The normalized spacial score (nSPS) is 37.0. The molecule has 0 aromatic heterocycles. The lowest BCUT2D eigenvalue weighted by Gasteiger charge is -2.34. The Hall–Kier alpha value is -0.300. The van der Waals surface area contributed by atoms with Crippen molar-refractivity contribution in [2.75, 3.05) is 13.1 Å². The van der Waals surface area contributed by atoms with Crippen LogP contribution < -0.4 is 0 Å². The SMILES string of the molecule is C=C1CCN2CCC12. The van der Waals surface area contributed by atoms with Crippen LogP contribution in [0.3, 0.4) is 0 Å². The molecule has 2 rings (SSSR count). The van der Waals surface area contributed by atoms with Gasteiger partial charge in [-0.15, -0.1) is 0 Å². The van der Waals surface area contributed by atoms with E-state index >= 15 is 0 Å². The second kappa shape index (κ2) is 1.35. The second-order valence-electron chi connectivity index (χ2n) is 2.75. The molecule has 44 valence electrons. The van der Waals surface area contributed by atoms with Crippen LogP contribution in [-0.2, 0) is 0 Å². The molecule has 0 aromatic carbocycles. The van der Waals surface area contributed by atoms with Crippen LogP contribution in [-0.4, -0.2) is 24.0 Å². The zero-order valence-electron chi connectivity index (χ0n) is 5.06. The third kappa shape index (κ3) is 0.402. The highest BCUT2D eigenvalue weighted by atomic mass is 15.2. The van der Waals surface area contributed by atoms with Crippen LogP contribution in [0.1, 0.15) is 12.8 Å². The predicted molar refractivity (Wildman–Crippen MR) is 33.7 cm³/mol. The van der Waals surface area contributed by atoms with Crippen molar-refractivity contribution in [2.24, 2.45) is 0 Å². The Morgan fingerprint density at radius 2 is 2.38 bits per heavy atom. The minimum Gasteiger partial charge on any atom is -0.296 e. The topological polar surface area (TPSA) is 3.24 Å². The molecule has 0 aliphatic carbocycles. The third-order valence-corrected chi connectivity index (χ3v) is 2.32. The zero-order valence-corrected chi connectivity index (χ0v) is 5.06. The number of hydrogen-bond acceptors (Lipinski definition) is 1. The fourth-order valence-electron chi connectivity index (χ4n) is 1.62. The molecule has 1 nitrogen and oxygen atoms in total. The molecule has 0 bridgehead atoms. The van der Waals surface area contributed by atoms with E-state index in [0.29, 0.717) is 0 Å². The summed E-state index contributed by atoms with van der Waals surface area (Å²) >= 11 is 0. The lowest BCUT2D eigenvalue weighted by Crippen LogP contribution is -2.42. The van der Waals surface area contributed by atoms with Gasteiger partial charge < -0.3 is 0 Å². The minimum atomic E-state index is 0.801. The van der Waals surface area contributed by atoms with E-state index in [0.717, 1.165) is 6.04 Å². The average molecular weight is 109 g/mol. The van der Waals surface area contributed by atoms with E-state index in [-0.39, 0.29) is 0 Å². The Kier molecular flexibility index (Phi) is 0.770. The van der Waals surface area contributed by atoms with Crippen molar-refractivity contribution < 1.29 is 0 Å². The summed E-state index contributed by atoms with van der Waals surface area (Å²) in [6.07, 6.45) is 2.63. The highest BCUT2D eigenvalue weighted by Gasteiger charge is 2.34. The standard InChI is InChI=1S/C7H11N/c1-6-2-4-8-5-3-7(6)8/h7H,1-5H2. The van der Waals surface area contributed by atoms with Crippen LogP contribution in [0.5, 0.6) is 0 Å². The Morgan fingerprint density at radius 1 is 1.50 bits per heavy atom. The van der Waals surface area contributed by atoms with E-state index in [1.165, 1.54) is 31.5 Å². The van der Waals surface area contributed by atoms with Crippen molar-refractivity contribution in [3.05, 3.63) is 12.2 Å². The highest BCUT2D eigenvalue weighted by Crippen LogP contribution is 2.31. The Balaban J connectivity index is 2.15. The van der Waals surface area contributed by atoms with Crippen molar-refractivity contribution in [2.45, 2.75) is 18.9 Å². The Morgan fingerprint density at radius 3 is 2.62 bits per heavy atom. The molecule has 0 spiro atoms. The van der Waals surface area contributed by atoms with E-state index in [1.54, 1.807) is 0 Å². The minimum absolute atomic E-state index is 0.801. The summed E-state index contributed by atoms with van der Waals surface area (Å²) in [5, 5.41) is 0. The molecule has 2 aliphatic rings. The van der Waals surface area contributed by atoms with Crippen LogP contribution in [0.4, 0.5) is 0 Å². The maximum absolute atomic E-state index is 4.00. The van der Waals surface area contributed by atoms with E-state index in [2.05, 4.69) is 11.5 Å². The van der Waals surface area contributed by atoms with Gasteiger partial charge in [-0.2, -0.15) is 0 Å². The van der Waals surface area contributed by atoms with Crippen LogP contribution in [0.2, 0.25) is 0 Å². The van der Waals surface area contributed by atoms with Crippen molar-refractivity contribution in [3.8, 4) is 0 Å². The van der Waals surface area contributed by atoms with Gasteiger partial charge in [0.2, 0.25) is 0 Å². The molecule has 0 radical (unpaired) electrons. The summed E-state index contributed by atoms with van der Waals surface area (Å²) in [5.74, 6) is 0. The predicted octanol–water partition coefficient (Wildman–Crippen LogP) is 1.02. The molecule has 0 aromatic rings. The van der Waals surface area contributed by atoms with Gasteiger partial charge in [-0.25, -0.2) is 0 Å². The molecule has 0 saturated carbocycles. The van der Waals surface area contributed by atoms with Gasteiger partial charge in [0.15, 0.2) is 0 Å². The Labute approximate surface area is 50.0 Å². The molecule has 0 amide bonds. The van der Waals surface area contributed by atoms with Gasteiger partial charge in [-0.1, -0.05) is 12.2 Å². The molecular weight excluding hydrogens is 98.1 g/mol. The van der Waals surface area contributed by atoms with E-state index in [1.807, 2.05) is 0 Å². The third-order valence-electron chi connectivity index (χ3n) is 2.32. The summed E-state index contributed by atoms with van der Waals surface area (Å²) in [5.41, 5.74) is 1.47. The second-order valence-corrected chi connectivity index (χ2v) is 2.75. The summed E-state index contributed by atoms with van der Waals surface area (Å²) in [7, 11) is 0. The molecule has 2 heterocycles. The van der Waals surface area contributed by atoms with Crippen molar-refractivity contribution >= 4 is 0 Å². The smallest absolute Gasteiger partial charge is 0.0317 e. The van der Waals surface area contributed by atoms with Gasteiger partial charge in [0.1, 0.15) is 0 Å². The molecular formula is C7H11N. The fraction of sp³-hybridized carbons (Fsp3) is 0.714. The molecule has 0 N–H and O–H groups in total. The summed E-state index contributed by atoms with van der Waals surface area (Å²) in [6.45, 7) is 6.60. The van der Waals surface area contributed by atoms with Gasteiger partial charge in [-0.05, 0) is 12.8 Å². The van der Waals surface area contributed by atoms with Crippen molar-refractivity contribution in [1.82, 2.24) is 4.90 Å². The molecule has 1 unspecified atom stereocenters. The lowest BCUT2D eigenvalue weighted by atomic mass is 10.0. The molecule has 1 heteroatoms. The van der Waals surface area contributed by atoms with Gasteiger partial charge in [-0.3, -0.25) is 4.90 Å². The Bertz CT molecular complexity index is 128. The molecule has 2 aliphatic heterocycles. The van der Waals surface area contributed by atoms with Gasteiger partial charge in [0.25, 0.3) is 0 Å². The maximum atomic E-state index is 4.00. The zero-order chi connectivity index (χ0) is 5.56. The number of nitrogens with zero attached hydrogens (tertiary/aromatic N) is 1. The first-order valence-corrected chi connectivity index (χ1v) is 3.29. The molecule has 2 fully saturated rings. The van der Waals surface area contributed by atoms with E-state index in [9.17, 15) is 0 Å². The lowest BCUT2D eigenvalue weighted by molar-refractivity contribution is 0.158. The molecule has 8 heavy (non-hydrogen) atoms. The summed E-state index contributed by atoms with van der Waals surface area (Å²) in [6, 6.07) is 0.801. The highest BCUT2D eigenvalue weighted by molar-refractivity contribution is 5.16. The van der Waals surface area contributed by atoms with Gasteiger partial charge in [0.05, 0.1) is 0 Å². The number of hydrogen-bond donors (Lipinski definition) is 0. The van der Waals surface area contributed by atoms with E-state index < -0.39 is 0 Å². The first kappa shape index (κ1) is 4.57. The quantitative estimate of drug-likeness (QED) is 0.420. The van der Waals surface area contributed by atoms with E-state index in [4.69, 9.17) is 0 Å². The van der Waals surface area contributed by atoms with Crippen LogP contribution in [0, 0.1) is 0 Å². The largest absolute Gasteiger partial charge is 0.296 e. The average Bonchev–Trinajstić information content (AvgIpc) is 1.80. The number of fused-ring (bicyclic) bond motifs is 1. The fourth-order valence-corrected chi connectivity index (χ4v) is 1.62. The van der Waals surface area contributed by atoms with Gasteiger partial charge in [0, 0.05) is 19.1 Å². The maximum Gasteiger partial charge on any atom is 0.0317 e. The summed E-state index contributed by atoms with van der Waals surface area (Å²) < 4.78 is 0. The van der Waals surface area contributed by atoms with Gasteiger partial charge >= 0.3 is 0 Å². The molecule has 2 saturated heterocycles. The van der Waals surface area contributed by atoms with Crippen molar-refractivity contribution in [3.63, 3.8) is 0 Å². The van der Waals surface area contributed by atoms with Crippen molar-refractivity contribution in [1.29, 1.82) is 0 Å². The molecule has 1 atom stereocenters. The number of rotatable bonds is 0. The van der Waals surface area contributed by atoms with Crippen LogP contribution in [0.25, 0.3) is 0 Å².